The predicted octanol–water partition coefficient (Wildman–Crippen LogP) is 3.22. The van der Waals surface area contributed by atoms with Crippen LogP contribution in [0.3, 0.4) is 0 Å². The van der Waals surface area contributed by atoms with Gasteiger partial charge in [-0.2, -0.15) is 13.2 Å². The van der Waals surface area contributed by atoms with Gasteiger partial charge in [-0.3, -0.25) is 4.79 Å². The summed E-state index contributed by atoms with van der Waals surface area (Å²) in [6, 6.07) is 9.37. The second kappa shape index (κ2) is 10.3. The fraction of sp³-hybridized carbons (Fsp3) is 0.423. The number of aryl methyl sites for hydroxylation is 1. The van der Waals surface area contributed by atoms with Gasteiger partial charge in [-0.25, -0.2) is 8.78 Å². The smallest absolute Gasteiger partial charge is 0.386 e. The third-order valence-corrected chi connectivity index (χ3v) is 7.21. The minimum absolute atomic E-state index is 0.0952. The summed E-state index contributed by atoms with van der Waals surface area (Å²) in [5, 5.41) is 19.9. The highest BCUT2D eigenvalue weighted by Crippen LogP contribution is 2.41. The number of carbonyl (C=O) groups excluding carboxylic acids is 1. The number of hydrogen-bond acceptors (Lipinski definition) is 6. The number of alkyl halides is 5. The molecule has 2 N–H and O–H groups in total. The summed E-state index contributed by atoms with van der Waals surface area (Å²) in [5.74, 6) is 0.166. The van der Waals surface area contributed by atoms with Crippen molar-refractivity contribution in [3.8, 4) is 0 Å². The van der Waals surface area contributed by atoms with Crippen molar-refractivity contribution in [2.24, 2.45) is 7.05 Å². The molecule has 5 rings (SSSR count). The topological polar surface area (TPSA) is 92.5 Å². The molecular formula is C26H26F5N5O3. The van der Waals surface area contributed by atoms with Gasteiger partial charge in [0.25, 0.3) is 12.3 Å². The largest absolute Gasteiger partial charge is 0.416 e. The zero-order valence-corrected chi connectivity index (χ0v) is 20.9. The number of aromatic nitrogens is 3. The summed E-state index contributed by atoms with van der Waals surface area (Å²) in [6.45, 7) is -0.161. The van der Waals surface area contributed by atoms with E-state index in [0.717, 1.165) is 17.5 Å². The summed E-state index contributed by atoms with van der Waals surface area (Å²) < 4.78 is 74.4. The first-order valence-electron chi connectivity index (χ1n) is 12.2. The lowest BCUT2D eigenvalue weighted by Gasteiger charge is -2.42. The molecule has 208 valence electrons. The fourth-order valence-electron chi connectivity index (χ4n) is 4.98. The molecule has 8 nitrogen and oxygen atoms in total. The van der Waals surface area contributed by atoms with Crippen LogP contribution in [0.15, 0.2) is 42.7 Å². The number of fused-ring (bicyclic) bond motifs is 1. The monoisotopic (exact) mass is 551 g/mol. The van der Waals surface area contributed by atoms with Gasteiger partial charge in [0, 0.05) is 43.2 Å². The summed E-state index contributed by atoms with van der Waals surface area (Å²) in [5.41, 5.74) is -0.185. The molecule has 1 fully saturated rings. The van der Waals surface area contributed by atoms with Crippen LogP contribution in [0.1, 0.15) is 38.4 Å². The quantitative estimate of drug-likeness (QED) is 0.397. The minimum Gasteiger partial charge on any atom is -0.386 e. The molecule has 1 atom stereocenters. The van der Waals surface area contributed by atoms with Crippen molar-refractivity contribution >= 4 is 11.6 Å². The maximum absolute atomic E-state index is 14.0. The van der Waals surface area contributed by atoms with Gasteiger partial charge in [-0.05, 0) is 41.0 Å². The van der Waals surface area contributed by atoms with Gasteiger partial charge in [0.05, 0.1) is 25.3 Å². The normalized spacial score (nSPS) is 17.4. The molecule has 0 radical (unpaired) electrons. The Labute approximate surface area is 220 Å². The molecule has 1 saturated heterocycles. The van der Waals surface area contributed by atoms with E-state index in [1.807, 2.05) is 17.7 Å². The van der Waals surface area contributed by atoms with Crippen molar-refractivity contribution in [1.82, 2.24) is 20.1 Å². The number of ether oxygens (including phenoxy) is 1. The molecule has 1 aromatic heterocycles. The average Bonchev–Trinajstić information content (AvgIpc) is 3.42. The zero-order chi connectivity index (χ0) is 27.9. The lowest BCUT2D eigenvalue weighted by atomic mass is 9.75. The molecule has 2 aromatic carbocycles. The molecule has 2 aliphatic heterocycles. The number of aliphatic hydroxyl groups is 1. The van der Waals surface area contributed by atoms with Gasteiger partial charge < -0.3 is 24.6 Å². The molecule has 3 heterocycles. The molecule has 39 heavy (non-hydrogen) atoms. The number of rotatable bonds is 9. The molecule has 2 aliphatic rings. The van der Waals surface area contributed by atoms with E-state index in [1.54, 1.807) is 24.5 Å². The molecular weight excluding hydrogens is 525 g/mol. The molecule has 1 amide bonds. The van der Waals surface area contributed by atoms with E-state index in [-0.39, 0.29) is 29.8 Å². The van der Waals surface area contributed by atoms with Gasteiger partial charge in [0.15, 0.2) is 0 Å². The molecule has 3 aromatic rings. The lowest BCUT2D eigenvalue weighted by molar-refractivity contribution is -0.138. The van der Waals surface area contributed by atoms with Crippen LogP contribution in [0, 0.1) is 0 Å². The number of aliphatic hydroxyl groups excluding tert-OH is 1. The fourth-order valence-corrected chi connectivity index (χ4v) is 4.98. The van der Waals surface area contributed by atoms with E-state index in [4.69, 9.17) is 4.74 Å². The van der Waals surface area contributed by atoms with Crippen LogP contribution in [-0.4, -0.2) is 58.1 Å². The van der Waals surface area contributed by atoms with Crippen LogP contribution in [0.4, 0.5) is 27.6 Å². The Morgan fingerprint density at radius 2 is 1.97 bits per heavy atom. The molecule has 0 aliphatic carbocycles. The predicted molar refractivity (Wildman–Crippen MR) is 129 cm³/mol. The van der Waals surface area contributed by atoms with E-state index in [0.29, 0.717) is 25.3 Å². The first kappa shape index (κ1) is 27.2. The number of halogens is 5. The number of amides is 1. The maximum Gasteiger partial charge on any atom is 0.416 e. The first-order chi connectivity index (χ1) is 18.5. The summed E-state index contributed by atoms with van der Waals surface area (Å²) in [7, 11) is 1.84. The maximum atomic E-state index is 14.0. The van der Waals surface area contributed by atoms with E-state index in [1.165, 1.54) is 11.0 Å². The average molecular weight is 552 g/mol. The van der Waals surface area contributed by atoms with Crippen LogP contribution >= 0.6 is 0 Å². The third-order valence-electron chi connectivity index (χ3n) is 7.21. The summed E-state index contributed by atoms with van der Waals surface area (Å²) in [6.07, 6.45) is -7.54. The molecule has 1 unspecified atom stereocenters. The third kappa shape index (κ3) is 5.25. The SMILES string of the molecule is Cn1cnnc1CC1(c2cccc(N3Cc4c(cc(CNCC(O)C(F)F)cc4C(F)(F)F)C3=O)c2)COC1. The van der Waals surface area contributed by atoms with Gasteiger partial charge >= 0.3 is 6.18 Å². The van der Waals surface area contributed by atoms with Gasteiger partial charge in [-0.1, -0.05) is 12.1 Å². The second-order valence-electron chi connectivity index (χ2n) is 9.95. The molecule has 0 saturated carbocycles. The minimum atomic E-state index is -4.73. The van der Waals surface area contributed by atoms with Gasteiger partial charge in [0.2, 0.25) is 0 Å². The number of nitrogens with one attached hydrogen (secondary N) is 1. The summed E-state index contributed by atoms with van der Waals surface area (Å²) in [4.78, 5) is 14.7. The molecule has 0 bridgehead atoms. The van der Waals surface area contributed by atoms with Crippen molar-refractivity contribution < 1.29 is 36.6 Å². The van der Waals surface area contributed by atoms with Crippen molar-refractivity contribution in [3.63, 3.8) is 0 Å². The standard InChI is InChI=1S/C26H26F5N5O3/c1-35-14-33-34-22(35)8-25(12-39-13-25)16-3-2-4-17(7-16)36-11-19-18(24(36)38)5-15(6-20(19)26(29,30)31)9-32-10-21(37)23(27)28/h2-7,14,21,23,32,37H,8-13H2,1H3. The number of carbonyl (C=O) groups is 1. The Balaban J connectivity index is 1.42. The molecule has 0 spiro atoms. The number of benzene rings is 2. The van der Waals surface area contributed by atoms with Crippen LogP contribution in [0.25, 0.3) is 0 Å². The Morgan fingerprint density at radius 1 is 1.21 bits per heavy atom. The lowest BCUT2D eigenvalue weighted by Crippen LogP contribution is -2.49. The Bertz CT molecular complexity index is 1370. The Morgan fingerprint density at radius 3 is 2.59 bits per heavy atom. The highest BCUT2D eigenvalue weighted by molar-refractivity contribution is 6.10. The van der Waals surface area contributed by atoms with Crippen LogP contribution in [-0.2, 0) is 42.9 Å². The van der Waals surface area contributed by atoms with E-state index >= 15 is 0 Å². The second-order valence-corrected chi connectivity index (χ2v) is 9.95. The van der Waals surface area contributed by atoms with E-state index in [9.17, 15) is 31.9 Å². The number of anilines is 1. The van der Waals surface area contributed by atoms with E-state index in [2.05, 4.69) is 15.5 Å². The Kier molecular flexibility index (Phi) is 7.16. The zero-order valence-electron chi connectivity index (χ0n) is 20.9. The highest BCUT2D eigenvalue weighted by atomic mass is 19.4. The summed E-state index contributed by atoms with van der Waals surface area (Å²) >= 11 is 0. The van der Waals surface area contributed by atoms with Gasteiger partial charge in [0.1, 0.15) is 18.3 Å². The van der Waals surface area contributed by atoms with Crippen molar-refractivity contribution in [3.05, 3.63) is 76.4 Å². The molecule has 13 heteroatoms. The van der Waals surface area contributed by atoms with Gasteiger partial charge in [-0.15, -0.1) is 10.2 Å². The van der Waals surface area contributed by atoms with Crippen molar-refractivity contribution in [1.29, 1.82) is 0 Å². The van der Waals surface area contributed by atoms with Crippen LogP contribution in [0.2, 0.25) is 0 Å². The van der Waals surface area contributed by atoms with E-state index < -0.39 is 42.1 Å². The van der Waals surface area contributed by atoms with Crippen LogP contribution < -0.4 is 10.2 Å². The number of nitrogens with zero attached hydrogens (tertiary/aromatic N) is 4. The Hall–Kier alpha value is -3.42. The number of hydrogen-bond donors (Lipinski definition) is 2. The van der Waals surface area contributed by atoms with Crippen molar-refractivity contribution in [2.75, 3.05) is 24.7 Å². The first-order valence-corrected chi connectivity index (χ1v) is 12.2. The van der Waals surface area contributed by atoms with Crippen LogP contribution in [0.5, 0.6) is 0 Å². The highest BCUT2D eigenvalue weighted by Gasteiger charge is 2.43. The van der Waals surface area contributed by atoms with Crippen molar-refractivity contribution in [2.45, 2.75) is 43.6 Å².